The lowest BCUT2D eigenvalue weighted by atomic mass is 10.0. The normalized spacial score (nSPS) is 28.0. The molecule has 5 nitrogen and oxygen atoms in total. The molecule has 2 aliphatic heterocycles. The van der Waals surface area contributed by atoms with Gasteiger partial charge in [0.1, 0.15) is 0 Å². The molecular formula is C15H28N2O3. The second-order valence-electron chi connectivity index (χ2n) is 6.28. The number of nitrogens with two attached hydrogens (primary N) is 1. The molecule has 3 atom stereocenters. The largest absolute Gasteiger partial charge is 0.376 e. The number of rotatable bonds is 6. The standard InChI is InChI=1S/C15H28N2O3/c1-11(2)14(16)15(18)17(9-12-5-3-7-19-12)10-13-6-4-8-20-13/h11-14H,3-10,16H2,1-2H3/t12?,13?,14-/m1/s1. The Morgan fingerprint density at radius 2 is 1.65 bits per heavy atom. The van der Waals surface area contributed by atoms with Crippen molar-refractivity contribution in [1.82, 2.24) is 4.90 Å². The van der Waals surface area contributed by atoms with Gasteiger partial charge in [0.25, 0.3) is 0 Å². The molecule has 0 spiro atoms. The summed E-state index contributed by atoms with van der Waals surface area (Å²) in [7, 11) is 0. The molecular weight excluding hydrogens is 256 g/mol. The molecule has 116 valence electrons. The predicted molar refractivity (Wildman–Crippen MR) is 77.3 cm³/mol. The third kappa shape index (κ3) is 4.17. The SMILES string of the molecule is CC(C)[C@@H](N)C(=O)N(CC1CCCO1)CC1CCCO1. The zero-order valence-corrected chi connectivity index (χ0v) is 12.7. The Hall–Kier alpha value is -0.650. The van der Waals surface area contributed by atoms with Gasteiger partial charge in [0, 0.05) is 26.3 Å². The van der Waals surface area contributed by atoms with Crippen LogP contribution in [0.25, 0.3) is 0 Å². The molecule has 0 aromatic carbocycles. The van der Waals surface area contributed by atoms with Gasteiger partial charge in [-0.2, -0.15) is 0 Å². The lowest BCUT2D eigenvalue weighted by Gasteiger charge is -2.31. The molecule has 0 bridgehead atoms. The van der Waals surface area contributed by atoms with Crippen molar-refractivity contribution in [3.05, 3.63) is 0 Å². The topological polar surface area (TPSA) is 64.8 Å². The molecule has 2 unspecified atom stereocenters. The molecule has 0 radical (unpaired) electrons. The van der Waals surface area contributed by atoms with Crippen LogP contribution in [0.1, 0.15) is 39.5 Å². The van der Waals surface area contributed by atoms with E-state index >= 15 is 0 Å². The minimum Gasteiger partial charge on any atom is -0.376 e. The highest BCUT2D eigenvalue weighted by molar-refractivity contribution is 5.82. The van der Waals surface area contributed by atoms with Crippen molar-refractivity contribution in [3.8, 4) is 0 Å². The van der Waals surface area contributed by atoms with Crippen LogP contribution in [0.2, 0.25) is 0 Å². The Balaban J connectivity index is 1.95. The highest BCUT2D eigenvalue weighted by Gasteiger charge is 2.30. The Morgan fingerprint density at radius 3 is 2.00 bits per heavy atom. The van der Waals surface area contributed by atoms with E-state index in [4.69, 9.17) is 15.2 Å². The fourth-order valence-corrected chi connectivity index (χ4v) is 2.82. The molecule has 0 aromatic rings. The Bertz CT molecular complexity index is 292. The molecule has 0 saturated carbocycles. The highest BCUT2D eigenvalue weighted by Crippen LogP contribution is 2.18. The lowest BCUT2D eigenvalue weighted by Crippen LogP contribution is -2.51. The van der Waals surface area contributed by atoms with Crippen LogP contribution in [-0.2, 0) is 14.3 Å². The van der Waals surface area contributed by atoms with Crippen LogP contribution in [0.3, 0.4) is 0 Å². The summed E-state index contributed by atoms with van der Waals surface area (Å²) in [5.41, 5.74) is 6.04. The van der Waals surface area contributed by atoms with Crippen LogP contribution < -0.4 is 5.73 Å². The molecule has 0 aliphatic carbocycles. The van der Waals surface area contributed by atoms with Gasteiger partial charge < -0.3 is 20.1 Å². The van der Waals surface area contributed by atoms with E-state index < -0.39 is 6.04 Å². The molecule has 2 aliphatic rings. The summed E-state index contributed by atoms with van der Waals surface area (Å²) in [6.07, 6.45) is 4.57. The minimum atomic E-state index is -0.433. The predicted octanol–water partition coefficient (Wildman–Crippen LogP) is 1.16. The fourth-order valence-electron chi connectivity index (χ4n) is 2.82. The number of ether oxygens (including phenoxy) is 2. The van der Waals surface area contributed by atoms with Gasteiger partial charge in [-0.15, -0.1) is 0 Å². The van der Waals surface area contributed by atoms with Gasteiger partial charge in [-0.1, -0.05) is 13.8 Å². The maximum absolute atomic E-state index is 12.5. The maximum atomic E-state index is 12.5. The van der Waals surface area contributed by atoms with Gasteiger partial charge >= 0.3 is 0 Å². The lowest BCUT2D eigenvalue weighted by molar-refractivity contribution is -0.136. The van der Waals surface area contributed by atoms with Crippen LogP contribution in [0.5, 0.6) is 0 Å². The first-order valence-electron chi connectivity index (χ1n) is 7.85. The third-order valence-corrected chi connectivity index (χ3v) is 4.21. The minimum absolute atomic E-state index is 0.0333. The Labute approximate surface area is 121 Å². The van der Waals surface area contributed by atoms with E-state index in [0.29, 0.717) is 13.1 Å². The van der Waals surface area contributed by atoms with E-state index in [1.54, 1.807) is 0 Å². The van der Waals surface area contributed by atoms with E-state index in [0.717, 1.165) is 38.9 Å². The van der Waals surface area contributed by atoms with Crippen molar-refractivity contribution >= 4 is 5.91 Å². The van der Waals surface area contributed by atoms with E-state index in [9.17, 15) is 4.79 Å². The third-order valence-electron chi connectivity index (χ3n) is 4.21. The first kappa shape index (κ1) is 15.7. The van der Waals surface area contributed by atoms with Gasteiger partial charge in [-0.05, 0) is 31.6 Å². The first-order valence-corrected chi connectivity index (χ1v) is 7.85. The van der Waals surface area contributed by atoms with Crippen molar-refractivity contribution in [3.63, 3.8) is 0 Å². The molecule has 2 heterocycles. The molecule has 20 heavy (non-hydrogen) atoms. The van der Waals surface area contributed by atoms with Crippen molar-refractivity contribution < 1.29 is 14.3 Å². The van der Waals surface area contributed by atoms with Crippen molar-refractivity contribution in [2.24, 2.45) is 11.7 Å². The highest BCUT2D eigenvalue weighted by atomic mass is 16.5. The summed E-state index contributed by atoms with van der Waals surface area (Å²) < 4.78 is 11.3. The van der Waals surface area contributed by atoms with Crippen LogP contribution in [-0.4, -0.2) is 55.4 Å². The van der Waals surface area contributed by atoms with Gasteiger partial charge in [-0.3, -0.25) is 4.79 Å². The Morgan fingerprint density at radius 1 is 1.15 bits per heavy atom. The maximum Gasteiger partial charge on any atom is 0.239 e. The monoisotopic (exact) mass is 284 g/mol. The van der Waals surface area contributed by atoms with Crippen LogP contribution in [0.4, 0.5) is 0 Å². The number of carbonyl (C=O) groups is 1. The molecule has 2 rings (SSSR count). The number of carbonyl (C=O) groups excluding carboxylic acids is 1. The summed E-state index contributed by atoms with van der Waals surface area (Å²) in [5.74, 6) is 0.185. The number of hydrogen-bond donors (Lipinski definition) is 1. The van der Waals surface area contributed by atoms with Gasteiger partial charge in [0.15, 0.2) is 0 Å². The Kier molecular flexibility index (Phi) is 5.81. The first-order chi connectivity index (χ1) is 9.58. The van der Waals surface area contributed by atoms with Crippen LogP contribution in [0.15, 0.2) is 0 Å². The molecule has 0 aromatic heterocycles. The zero-order valence-electron chi connectivity index (χ0n) is 12.7. The van der Waals surface area contributed by atoms with Crippen LogP contribution in [0, 0.1) is 5.92 Å². The number of amides is 1. The number of hydrogen-bond acceptors (Lipinski definition) is 4. The quantitative estimate of drug-likeness (QED) is 0.795. The summed E-state index contributed by atoms with van der Waals surface area (Å²) >= 11 is 0. The molecule has 2 saturated heterocycles. The smallest absolute Gasteiger partial charge is 0.239 e. The fraction of sp³-hybridized carbons (Fsp3) is 0.933. The van der Waals surface area contributed by atoms with Gasteiger partial charge in [-0.25, -0.2) is 0 Å². The molecule has 5 heteroatoms. The van der Waals surface area contributed by atoms with E-state index in [-0.39, 0.29) is 24.0 Å². The van der Waals surface area contributed by atoms with E-state index in [1.807, 2.05) is 18.7 Å². The van der Waals surface area contributed by atoms with Gasteiger partial charge in [0.2, 0.25) is 5.91 Å². The average Bonchev–Trinajstić information content (AvgIpc) is 3.09. The molecule has 2 N–H and O–H groups in total. The summed E-state index contributed by atoms with van der Waals surface area (Å²) in [4.78, 5) is 14.4. The van der Waals surface area contributed by atoms with Crippen LogP contribution >= 0.6 is 0 Å². The average molecular weight is 284 g/mol. The van der Waals surface area contributed by atoms with Gasteiger partial charge in [0.05, 0.1) is 18.2 Å². The second kappa shape index (κ2) is 7.38. The van der Waals surface area contributed by atoms with Crippen molar-refractivity contribution in [2.75, 3.05) is 26.3 Å². The van der Waals surface area contributed by atoms with Crippen molar-refractivity contribution in [1.29, 1.82) is 0 Å². The van der Waals surface area contributed by atoms with Crippen molar-refractivity contribution in [2.45, 2.75) is 57.8 Å². The van der Waals surface area contributed by atoms with E-state index in [2.05, 4.69) is 0 Å². The van der Waals surface area contributed by atoms with E-state index in [1.165, 1.54) is 0 Å². The summed E-state index contributed by atoms with van der Waals surface area (Å²) in [6, 6.07) is -0.433. The zero-order chi connectivity index (χ0) is 14.5. The summed E-state index contributed by atoms with van der Waals surface area (Å²) in [5, 5.41) is 0. The second-order valence-corrected chi connectivity index (χ2v) is 6.28. The summed E-state index contributed by atoms with van der Waals surface area (Å²) in [6.45, 7) is 6.89. The number of nitrogens with zero attached hydrogens (tertiary/aromatic N) is 1. The molecule has 2 fully saturated rings. The molecule has 1 amide bonds.